The number of nitrogens with two attached hydrogens (primary N) is 5. The summed E-state index contributed by atoms with van der Waals surface area (Å²) in [4.78, 5) is 61.4. The molecule has 17 nitrogen and oxygen atoms in total. The zero-order valence-corrected chi connectivity index (χ0v) is 31.4. The Morgan fingerprint density at radius 3 is 1.69 bits per heavy atom. The molecule has 0 aromatic heterocycles. The van der Waals surface area contributed by atoms with Crippen LogP contribution < -0.4 is 49.9 Å². The fourth-order valence-corrected chi connectivity index (χ4v) is 5.35. The van der Waals surface area contributed by atoms with Crippen LogP contribution in [0.25, 0.3) is 0 Å². The van der Waals surface area contributed by atoms with E-state index >= 15 is 0 Å². The third kappa shape index (κ3) is 23.4. The summed E-state index contributed by atoms with van der Waals surface area (Å²) in [5.74, 6) is -4.92. The Kier molecular flexibility index (Phi) is 25.1. The SMILES string of the molecule is CCCCCCCCCC(=O)N[C@@H](CCCN=C(N)N)C(=O)N[C@H](C(=O)N[C@@H](CCCCN)C(=O)N[C@@H](CCCN=C(N)N)C(C)(O)O)C(C)C. The first-order valence-electron chi connectivity index (χ1n) is 18.5. The number of nitrogens with zero attached hydrogens (tertiary/aromatic N) is 2. The van der Waals surface area contributed by atoms with E-state index < -0.39 is 53.6 Å². The van der Waals surface area contributed by atoms with Crippen molar-refractivity contribution in [2.24, 2.45) is 44.6 Å². The van der Waals surface area contributed by atoms with Crippen LogP contribution in [0.3, 0.4) is 0 Å². The second-order valence-electron chi connectivity index (χ2n) is 13.6. The van der Waals surface area contributed by atoms with Gasteiger partial charge in [-0.1, -0.05) is 59.3 Å². The normalized spacial score (nSPS) is 13.7. The molecule has 0 rings (SSSR count). The summed E-state index contributed by atoms with van der Waals surface area (Å²) in [7, 11) is 0. The number of unbranched alkanes of at least 4 members (excludes halogenated alkanes) is 7. The quantitative estimate of drug-likeness (QED) is 0.0205. The highest BCUT2D eigenvalue weighted by Gasteiger charge is 2.35. The molecule has 17 heteroatoms. The van der Waals surface area contributed by atoms with Crippen LogP contribution in [0.1, 0.15) is 124 Å². The average molecular weight is 728 g/mol. The summed E-state index contributed by atoms with van der Waals surface area (Å²) in [5.41, 5.74) is 27.3. The minimum Gasteiger partial charge on any atom is -0.370 e. The van der Waals surface area contributed by atoms with Crippen molar-refractivity contribution in [1.82, 2.24) is 21.3 Å². The topological polar surface area (TPSA) is 312 Å². The van der Waals surface area contributed by atoms with Crippen LogP contribution in [0.5, 0.6) is 0 Å². The number of hydrogen-bond donors (Lipinski definition) is 11. The number of hydrogen-bond acceptors (Lipinski definition) is 9. The van der Waals surface area contributed by atoms with Crippen molar-refractivity contribution in [2.45, 2.75) is 154 Å². The predicted molar refractivity (Wildman–Crippen MR) is 201 cm³/mol. The first-order chi connectivity index (χ1) is 24.0. The van der Waals surface area contributed by atoms with E-state index in [4.69, 9.17) is 28.7 Å². The fraction of sp³-hybridized carbons (Fsp3) is 0.824. The second-order valence-corrected chi connectivity index (χ2v) is 13.6. The maximum Gasteiger partial charge on any atom is 0.243 e. The molecule has 0 aliphatic rings. The third-order valence-corrected chi connectivity index (χ3v) is 8.35. The van der Waals surface area contributed by atoms with Crippen molar-refractivity contribution < 1.29 is 29.4 Å². The molecule has 51 heavy (non-hydrogen) atoms. The summed E-state index contributed by atoms with van der Waals surface area (Å²) >= 11 is 0. The third-order valence-electron chi connectivity index (χ3n) is 8.35. The minimum absolute atomic E-state index is 0.0829. The van der Waals surface area contributed by atoms with Crippen molar-refractivity contribution >= 4 is 35.5 Å². The van der Waals surface area contributed by atoms with E-state index in [9.17, 15) is 29.4 Å². The van der Waals surface area contributed by atoms with Crippen LogP contribution in [-0.4, -0.2) is 95.3 Å². The first kappa shape index (κ1) is 47.3. The molecular formula is C34H69N11O6. The molecule has 0 heterocycles. The van der Waals surface area contributed by atoms with Gasteiger partial charge >= 0.3 is 0 Å². The molecule has 16 N–H and O–H groups in total. The van der Waals surface area contributed by atoms with Gasteiger partial charge < -0.3 is 60.1 Å². The lowest BCUT2D eigenvalue weighted by molar-refractivity contribution is -0.173. The molecule has 296 valence electrons. The lowest BCUT2D eigenvalue weighted by Gasteiger charge is -2.31. The van der Waals surface area contributed by atoms with E-state index in [0.717, 1.165) is 32.6 Å². The maximum atomic E-state index is 13.7. The number of nitrogens with one attached hydrogen (secondary N) is 4. The standard InChI is InChI=1S/C34H69N11O6/c1-5-6-7-8-9-10-11-19-27(46)42-24(17-14-21-40-32(36)37)30(48)45-28(23(2)3)31(49)43-25(16-12-13-20-35)29(47)44-26(34(4,50)51)18-15-22-41-33(38)39/h23-26,28,50-51H,5-22,35H2,1-4H3,(H,42,46)(H,43,49)(H,44,47)(H,45,48)(H4,36,37,40)(H4,38,39,41)/t24-,25-,26-,28-/m0/s1. The summed E-state index contributed by atoms with van der Waals surface area (Å²) in [6.45, 7) is 7.64. The first-order valence-corrected chi connectivity index (χ1v) is 18.5. The number of carbonyl (C=O) groups is 4. The zero-order valence-electron chi connectivity index (χ0n) is 31.4. The lowest BCUT2D eigenvalue weighted by atomic mass is 9.99. The molecule has 0 saturated heterocycles. The van der Waals surface area contributed by atoms with Gasteiger partial charge in [0.1, 0.15) is 18.1 Å². The van der Waals surface area contributed by atoms with Gasteiger partial charge in [0.05, 0.1) is 6.04 Å². The number of amides is 4. The van der Waals surface area contributed by atoms with Gasteiger partial charge in [0.15, 0.2) is 17.7 Å². The Balaban J connectivity index is 5.78. The van der Waals surface area contributed by atoms with Gasteiger partial charge in [-0.3, -0.25) is 29.2 Å². The van der Waals surface area contributed by atoms with Gasteiger partial charge in [-0.15, -0.1) is 0 Å². The molecule has 0 aromatic carbocycles. The van der Waals surface area contributed by atoms with Gasteiger partial charge in [0, 0.05) is 19.5 Å². The van der Waals surface area contributed by atoms with Crippen LogP contribution in [0, 0.1) is 5.92 Å². The number of aliphatic imine (C=N–C) groups is 2. The van der Waals surface area contributed by atoms with Crippen LogP contribution >= 0.6 is 0 Å². The summed E-state index contributed by atoms with van der Waals surface area (Å²) in [6, 6.07) is -4.17. The van der Waals surface area contributed by atoms with Crippen LogP contribution in [0.15, 0.2) is 9.98 Å². The molecule has 0 unspecified atom stereocenters. The Morgan fingerprint density at radius 2 is 1.16 bits per heavy atom. The molecular weight excluding hydrogens is 658 g/mol. The van der Waals surface area contributed by atoms with Crippen molar-refractivity contribution in [3.63, 3.8) is 0 Å². The van der Waals surface area contributed by atoms with E-state index in [1.807, 2.05) is 0 Å². The van der Waals surface area contributed by atoms with Crippen molar-refractivity contribution in [1.29, 1.82) is 0 Å². The van der Waals surface area contributed by atoms with Gasteiger partial charge in [-0.05, 0) is 70.8 Å². The van der Waals surface area contributed by atoms with Crippen molar-refractivity contribution in [3.8, 4) is 0 Å². The Morgan fingerprint density at radius 1 is 0.647 bits per heavy atom. The van der Waals surface area contributed by atoms with Crippen molar-refractivity contribution in [2.75, 3.05) is 19.6 Å². The lowest BCUT2D eigenvalue weighted by Crippen LogP contribution is -2.60. The molecule has 0 fully saturated rings. The van der Waals surface area contributed by atoms with E-state index in [1.54, 1.807) is 13.8 Å². The monoisotopic (exact) mass is 728 g/mol. The highest BCUT2D eigenvalue weighted by Crippen LogP contribution is 2.14. The van der Waals surface area contributed by atoms with E-state index in [-0.39, 0.29) is 56.6 Å². The van der Waals surface area contributed by atoms with Gasteiger partial charge in [0.2, 0.25) is 23.6 Å². The number of rotatable bonds is 29. The number of aliphatic hydroxyl groups is 2. The Bertz CT molecular complexity index is 1070. The molecule has 0 aromatic rings. The van der Waals surface area contributed by atoms with Crippen LogP contribution in [0.4, 0.5) is 0 Å². The minimum atomic E-state index is -2.27. The van der Waals surface area contributed by atoms with E-state index in [0.29, 0.717) is 38.6 Å². The number of carbonyl (C=O) groups excluding carboxylic acids is 4. The average Bonchev–Trinajstić information content (AvgIpc) is 3.04. The molecule has 0 aliphatic heterocycles. The Hall–Kier alpha value is -3.70. The summed E-state index contributed by atoms with van der Waals surface area (Å²) < 4.78 is 0. The maximum absolute atomic E-state index is 13.7. The molecule has 0 aliphatic carbocycles. The Labute approximate surface area is 304 Å². The summed E-state index contributed by atoms with van der Waals surface area (Å²) in [5, 5.41) is 31.7. The molecule has 4 atom stereocenters. The van der Waals surface area contributed by atoms with E-state index in [1.165, 1.54) is 12.8 Å². The van der Waals surface area contributed by atoms with Gasteiger partial charge in [-0.2, -0.15) is 0 Å². The highest BCUT2D eigenvalue weighted by atomic mass is 16.5. The predicted octanol–water partition coefficient (Wildman–Crippen LogP) is -0.341. The highest BCUT2D eigenvalue weighted by molar-refractivity contribution is 5.94. The second kappa shape index (κ2) is 27.0. The largest absolute Gasteiger partial charge is 0.370 e. The van der Waals surface area contributed by atoms with Crippen LogP contribution in [-0.2, 0) is 19.2 Å². The molecule has 0 radical (unpaired) electrons. The summed E-state index contributed by atoms with van der Waals surface area (Å²) in [6.07, 6.45) is 10.0. The van der Waals surface area contributed by atoms with Crippen molar-refractivity contribution in [3.05, 3.63) is 0 Å². The zero-order chi connectivity index (χ0) is 38.8. The molecule has 4 amide bonds. The smallest absolute Gasteiger partial charge is 0.243 e. The molecule has 0 saturated carbocycles. The number of guanidine groups is 2. The van der Waals surface area contributed by atoms with E-state index in [2.05, 4.69) is 38.2 Å². The molecule has 0 spiro atoms. The van der Waals surface area contributed by atoms with Crippen LogP contribution in [0.2, 0.25) is 0 Å². The molecule has 0 bridgehead atoms. The fourth-order valence-electron chi connectivity index (χ4n) is 5.35. The van der Waals surface area contributed by atoms with Gasteiger partial charge in [-0.25, -0.2) is 0 Å². The van der Waals surface area contributed by atoms with Gasteiger partial charge in [0.25, 0.3) is 0 Å².